The van der Waals surface area contributed by atoms with E-state index in [0.29, 0.717) is 39.8 Å². The number of unbranched alkanes of at least 4 members (excludes halogenated alkanes) is 1. The zero-order valence-electron chi connectivity index (χ0n) is 19.9. The van der Waals surface area contributed by atoms with Crippen molar-refractivity contribution in [3.8, 4) is 11.5 Å². The van der Waals surface area contributed by atoms with Crippen LogP contribution in [-0.2, 0) is 34.8 Å². The van der Waals surface area contributed by atoms with Crippen molar-refractivity contribution >= 4 is 15.9 Å². The molecule has 0 saturated heterocycles. The van der Waals surface area contributed by atoms with Gasteiger partial charge in [0.05, 0.1) is 33.0 Å². The van der Waals surface area contributed by atoms with E-state index in [1.54, 1.807) is 0 Å². The third-order valence-electron chi connectivity index (χ3n) is 4.43. The second kappa shape index (κ2) is 19.8. The Bertz CT molecular complexity index is 553. The zero-order chi connectivity index (χ0) is 22.6. The third-order valence-corrected chi connectivity index (χ3v) is 5.58. The highest BCUT2D eigenvalue weighted by atomic mass is 27.2. The van der Waals surface area contributed by atoms with Crippen LogP contribution in [0.4, 0.5) is 0 Å². The van der Waals surface area contributed by atoms with Crippen LogP contribution in [0.2, 0.25) is 0 Å². The Hall–Kier alpha value is -0.848. The summed E-state index contributed by atoms with van der Waals surface area (Å²) in [5.74, 6) is 1.66. The summed E-state index contributed by atoms with van der Waals surface area (Å²) in [5.41, 5.74) is 2.44. The molecule has 0 unspecified atom stereocenters. The lowest BCUT2D eigenvalue weighted by molar-refractivity contribution is 0.0101. The zero-order valence-corrected chi connectivity index (χ0v) is 21.3. The van der Waals surface area contributed by atoms with E-state index in [9.17, 15) is 0 Å². The first-order valence-corrected chi connectivity index (χ1v) is 12.7. The molecule has 0 N–H and O–H groups in total. The van der Waals surface area contributed by atoms with Crippen LogP contribution < -0.4 is 9.47 Å². The van der Waals surface area contributed by atoms with Gasteiger partial charge in [0.15, 0.2) is 11.5 Å². The van der Waals surface area contributed by atoms with Crippen LogP contribution in [0.25, 0.3) is 0 Å². The molecule has 0 radical (unpaired) electrons. The Morgan fingerprint density at radius 1 is 0.742 bits per heavy atom. The maximum Gasteiger partial charge on any atom is 0.649 e. The maximum absolute atomic E-state index is 5.75. The molecular weight excluding hydrogens is 415 g/mol. The SMILES string of the molecule is CCCCOCCOCCOCc1cc2c(cc1CCC)OCO2.CC[O][AlH][O]CC. The van der Waals surface area contributed by atoms with Gasteiger partial charge in [0.25, 0.3) is 0 Å². The molecule has 178 valence electrons. The van der Waals surface area contributed by atoms with E-state index in [4.69, 9.17) is 31.3 Å². The first kappa shape index (κ1) is 28.2. The molecule has 0 amide bonds. The summed E-state index contributed by atoms with van der Waals surface area (Å²) < 4.78 is 37.6. The molecule has 0 saturated carbocycles. The van der Waals surface area contributed by atoms with Crippen molar-refractivity contribution < 1.29 is 31.3 Å². The van der Waals surface area contributed by atoms with Crippen molar-refractivity contribution in [2.24, 2.45) is 0 Å². The number of fused-ring (bicyclic) bond motifs is 1. The molecule has 1 aromatic carbocycles. The summed E-state index contributed by atoms with van der Waals surface area (Å²) in [4.78, 5) is 0. The van der Waals surface area contributed by atoms with Crippen LogP contribution in [0.1, 0.15) is 58.1 Å². The average molecular weight is 457 g/mol. The summed E-state index contributed by atoms with van der Waals surface area (Å²) in [7, 11) is 0. The van der Waals surface area contributed by atoms with Crippen LogP contribution in [0.3, 0.4) is 0 Å². The number of rotatable bonds is 17. The van der Waals surface area contributed by atoms with E-state index >= 15 is 0 Å². The fourth-order valence-corrected chi connectivity index (χ4v) is 3.21. The van der Waals surface area contributed by atoms with E-state index < -0.39 is 15.9 Å². The quantitative estimate of drug-likeness (QED) is 0.259. The minimum Gasteiger partial charge on any atom is -0.481 e. The highest BCUT2D eigenvalue weighted by molar-refractivity contribution is 6.17. The molecule has 1 aliphatic heterocycles. The van der Waals surface area contributed by atoms with Crippen molar-refractivity contribution in [2.75, 3.05) is 53.0 Å². The lowest BCUT2D eigenvalue weighted by Crippen LogP contribution is -2.10. The number of hydrogen-bond acceptors (Lipinski definition) is 7. The molecular formula is C23H41AlO7. The first-order valence-electron chi connectivity index (χ1n) is 11.6. The van der Waals surface area contributed by atoms with Crippen molar-refractivity contribution in [3.05, 3.63) is 23.3 Å². The fraction of sp³-hybridized carbons (Fsp3) is 0.739. The summed E-state index contributed by atoms with van der Waals surface area (Å²) in [6.07, 6.45) is 4.38. The second-order valence-corrected chi connectivity index (χ2v) is 8.01. The molecule has 31 heavy (non-hydrogen) atoms. The number of benzene rings is 1. The molecule has 0 spiro atoms. The Morgan fingerprint density at radius 2 is 1.32 bits per heavy atom. The first-order chi connectivity index (χ1) is 15.3. The van der Waals surface area contributed by atoms with Gasteiger partial charge in [-0.1, -0.05) is 26.7 Å². The molecule has 0 bridgehead atoms. The number of hydrogen-bond donors (Lipinski definition) is 0. The lowest BCUT2D eigenvalue weighted by atomic mass is 10.0. The Morgan fingerprint density at radius 3 is 1.90 bits per heavy atom. The van der Waals surface area contributed by atoms with Crippen LogP contribution in [0.15, 0.2) is 12.1 Å². The van der Waals surface area contributed by atoms with Gasteiger partial charge in [0.1, 0.15) is 0 Å². The average Bonchev–Trinajstić information content (AvgIpc) is 3.23. The van der Waals surface area contributed by atoms with E-state index in [0.717, 1.165) is 57.0 Å². The van der Waals surface area contributed by atoms with Crippen molar-refractivity contribution in [1.82, 2.24) is 0 Å². The molecule has 1 aromatic rings. The second-order valence-electron chi connectivity index (χ2n) is 6.96. The van der Waals surface area contributed by atoms with Gasteiger partial charge in [-0.15, -0.1) is 0 Å². The summed E-state index contributed by atoms with van der Waals surface area (Å²) >= 11 is -0.589. The number of aryl methyl sites for hydroxylation is 1. The van der Waals surface area contributed by atoms with Crippen LogP contribution >= 0.6 is 0 Å². The van der Waals surface area contributed by atoms with Gasteiger partial charge in [-0.3, -0.25) is 0 Å². The topological polar surface area (TPSA) is 64.6 Å². The van der Waals surface area contributed by atoms with Crippen molar-refractivity contribution in [1.29, 1.82) is 0 Å². The molecule has 1 heterocycles. The van der Waals surface area contributed by atoms with Gasteiger partial charge in [-0.25, -0.2) is 0 Å². The van der Waals surface area contributed by atoms with Gasteiger partial charge in [-0.2, -0.15) is 0 Å². The molecule has 0 fully saturated rings. The van der Waals surface area contributed by atoms with E-state index in [1.165, 1.54) is 11.1 Å². The minimum absolute atomic E-state index is 0.305. The molecule has 1 aliphatic rings. The summed E-state index contributed by atoms with van der Waals surface area (Å²) in [5, 5.41) is 0. The highest BCUT2D eigenvalue weighted by Gasteiger charge is 2.16. The maximum atomic E-state index is 5.75. The van der Waals surface area contributed by atoms with E-state index in [1.807, 2.05) is 19.9 Å². The van der Waals surface area contributed by atoms with Gasteiger partial charge in [0.2, 0.25) is 6.79 Å². The van der Waals surface area contributed by atoms with Gasteiger partial charge in [0, 0.05) is 19.8 Å². The lowest BCUT2D eigenvalue weighted by Gasteiger charge is -2.11. The molecule has 0 atom stereocenters. The molecule has 7 nitrogen and oxygen atoms in total. The van der Waals surface area contributed by atoms with Crippen LogP contribution in [0, 0.1) is 0 Å². The highest BCUT2D eigenvalue weighted by Crippen LogP contribution is 2.35. The van der Waals surface area contributed by atoms with E-state index in [2.05, 4.69) is 19.9 Å². The molecule has 0 aromatic heterocycles. The van der Waals surface area contributed by atoms with Gasteiger partial charge < -0.3 is 31.3 Å². The molecule has 2 rings (SSSR count). The van der Waals surface area contributed by atoms with Crippen LogP contribution in [-0.4, -0.2) is 68.9 Å². The van der Waals surface area contributed by atoms with Gasteiger partial charge in [-0.05, 0) is 49.9 Å². The minimum atomic E-state index is -0.589. The van der Waals surface area contributed by atoms with E-state index in [-0.39, 0.29) is 0 Å². The third kappa shape index (κ3) is 13.3. The predicted molar refractivity (Wildman–Crippen MR) is 123 cm³/mol. The standard InChI is InChI=1S/C19H30O5.2C2H5O.Al.H/c1-3-5-7-20-8-9-21-10-11-22-14-17-13-19-18(23-15-24-19)12-16(17)6-4-2;2*1-2-3;;/h12-13H,3-11,14-15H2,1-2H3;2*2H2,1H3;;/q;2*-1;+2;. The van der Waals surface area contributed by atoms with Gasteiger partial charge >= 0.3 is 15.9 Å². The Balaban J connectivity index is 0.000000592. The van der Waals surface area contributed by atoms with Crippen molar-refractivity contribution in [2.45, 2.75) is 60.0 Å². The number of ether oxygens (including phenoxy) is 5. The van der Waals surface area contributed by atoms with Crippen LogP contribution in [0.5, 0.6) is 11.5 Å². The molecule has 0 aliphatic carbocycles. The summed E-state index contributed by atoms with van der Waals surface area (Å²) in [6, 6.07) is 4.12. The monoisotopic (exact) mass is 456 g/mol. The molecule has 8 heteroatoms. The normalized spacial score (nSPS) is 11.9. The predicted octanol–water partition coefficient (Wildman–Crippen LogP) is 4.04. The summed E-state index contributed by atoms with van der Waals surface area (Å²) in [6.45, 7) is 14.0. The Kier molecular flexibility index (Phi) is 18.0. The largest absolute Gasteiger partial charge is 0.649 e. The Labute approximate surface area is 195 Å². The van der Waals surface area contributed by atoms with Crippen molar-refractivity contribution in [3.63, 3.8) is 0 Å². The smallest absolute Gasteiger partial charge is 0.481 e. The fourth-order valence-electron chi connectivity index (χ4n) is 2.76.